The van der Waals surface area contributed by atoms with Gasteiger partial charge in [-0.05, 0) is 34.4 Å². The van der Waals surface area contributed by atoms with Crippen molar-refractivity contribution >= 4 is 11.9 Å². The Morgan fingerprint density at radius 3 is 1.62 bits per heavy atom. The lowest BCUT2D eigenvalue weighted by Crippen LogP contribution is -2.52. The van der Waals surface area contributed by atoms with Crippen LogP contribution >= 0.6 is 0 Å². The molecule has 4 nitrogen and oxygen atoms in total. The Balaban J connectivity index is 1.49. The van der Waals surface area contributed by atoms with Crippen molar-refractivity contribution in [3.63, 3.8) is 0 Å². The highest BCUT2D eigenvalue weighted by Crippen LogP contribution is 2.58. The van der Waals surface area contributed by atoms with Gasteiger partial charge >= 0.3 is 11.9 Å². The summed E-state index contributed by atoms with van der Waals surface area (Å²) >= 11 is 0. The van der Waals surface area contributed by atoms with E-state index in [1.54, 1.807) is 6.07 Å². The minimum atomic E-state index is -0.905. The summed E-state index contributed by atoms with van der Waals surface area (Å²) in [6.07, 6.45) is 0. The van der Waals surface area contributed by atoms with E-state index >= 15 is 0 Å². The minimum Gasteiger partial charge on any atom is -0.481 e. The number of rotatable bonds is 6. The monoisotopic (exact) mass is 448 g/mol. The van der Waals surface area contributed by atoms with E-state index in [1.165, 1.54) is 0 Å². The number of carbonyl (C=O) groups excluding carboxylic acids is 1. The summed E-state index contributed by atoms with van der Waals surface area (Å²) in [5.41, 5.74) is 3.64. The Kier molecular flexibility index (Phi) is 5.96. The molecule has 2 atom stereocenters. The molecule has 0 heterocycles. The van der Waals surface area contributed by atoms with Gasteiger partial charge in [0.05, 0.1) is 11.8 Å². The van der Waals surface area contributed by atoms with Crippen molar-refractivity contribution in [3.05, 3.63) is 126 Å². The quantitative estimate of drug-likeness (QED) is 0.284. The van der Waals surface area contributed by atoms with Gasteiger partial charge < -0.3 is 9.84 Å². The second-order valence-corrected chi connectivity index (χ2v) is 8.58. The van der Waals surface area contributed by atoms with E-state index in [4.69, 9.17) is 4.74 Å². The van der Waals surface area contributed by atoms with Crippen molar-refractivity contribution in [3.8, 4) is 16.9 Å². The van der Waals surface area contributed by atoms with Gasteiger partial charge in [0.15, 0.2) is 0 Å². The zero-order valence-electron chi connectivity index (χ0n) is 18.5. The molecule has 0 unspecified atom stereocenters. The standard InChI is InChI=1S/C30H24O4/c31-29(32)27-25(21-13-6-2-7-14-21)28(26(27)22-15-8-3-9-16-22)30(33)34-24-18-10-17-23(19-24)20-11-4-1-5-12-20/h1-19,25-28H,(H,31,32)/t25-,26-,27-,28-/m0/s1. The highest BCUT2D eigenvalue weighted by molar-refractivity contribution is 5.86. The van der Waals surface area contributed by atoms with Crippen LogP contribution < -0.4 is 4.74 Å². The van der Waals surface area contributed by atoms with E-state index < -0.39 is 35.6 Å². The average Bonchev–Trinajstić information content (AvgIpc) is 2.85. The molecular weight excluding hydrogens is 424 g/mol. The summed E-state index contributed by atoms with van der Waals surface area (Å²) in [5.74, 6) is -3.11. The zero-order valence-corrected chi connectivity index (χ0v) is 18.5. The molecule has 1 fully saturated rings. The molecule has 0 aromatic heterocycles. The summed E-state index contributed by atoms with van der Waals surface area (Å²) in [7, 11) is 0. The molecule has 4 aromatic carbocycles. The smallest absolute Gasteiger partial charge is 0.315 e. The zero-order chi connectivity index (χ0) is 23.5. The van der Waals surface area contributed by atoms with Crippen LogP contribution in [-0.4, -0.2) is 17.0 Å². The number of aliphatic carboxylic acids is 1. The van der Waals surface area contributed by atoms with Crippen LogP contribution in [0.3, 0.4) is 0 Å². The van der Waals surface area contributed by atoms with Gasteiger partial charge in [0.25, 0.3) is 0 Å². The van der Waals surface area contributed by atoms with Gasteiger partial charge in [0.2, 0.25) is 0 Å². The van der Waals surface area contributed by atoms with Crippen LogP contribution in [0.2, 0.25) is 0 Å². The highest BCUT2D eigenvalue weighted by Gasteiger charge is 2.59. The number of carboxylic acids is 1. The van der Waals surface area contributed by atoms with Gasteiger partial charge in [-0.2, -0.15) is 0 Å². The molecule has 1 saturated carbocycles. The predicted octanol–water partition coefficient (Wildman–Crippen LogP) is 6.16. The van der Waals surface area contributed by atoms with Crippen LogP contribution in [0.25, 0.3) is 11.1 Å². The van der Waals surface area contributed by atoms with Gasteiger partial charge in [-0.15, -0.1) is 0 Å². The number of benzene rings is 4. The average molecular weight is 449 g/mol. The maximum atomic E-state index is 13.6. The fourth-order valence-electron chi connectivity index (χ4n) is 5.08. The third kappa shape index (κ3) is 4.11. The van der Waals surface area contributed by atoms with Crippen LogP contribution in [0.1, 0.15) is 23.0 Å². The first-order valence-corrected chi connectivity index (χ1v) is 11.3. The van der Waals surface area contributed by atoms with Crippen molar-refractivity contribution in [2.24, 2.45) is 11.8 Å². The molecule has 0 radical (unpaired) electrons. The molecule has 1 aliphatic rings. The largest absolute Gasteiger partial charge is 0.481 e. The first kappa shape index (κ1) is 21.7. The Morgan fingerprint density at radius 1 is 0.588 bits per heavy atom. The lowest BCUT2D eigenvalue weighted by molar-refractivity contribution is -0.158. The van der Waals surface area contributed by atoms with E-state index in [-0.39, 0.29) is 0 Å². The van der Waals surface area contributed by atoms with Crippen molar-refractivity contribution in [1.82, 2.24) is 0 Å². The van der Waals surface area contributed by atoms with Gasteiger partial charge in [-0.25, -0.2) is 0 Å². The molecule has 1 aliphatic carbocycles. The van der Waals surface area contributed by atoms with Crippen LogP contribution in [0.15, 0.2) is 115 Å². The summed E-state index contributed by atoms with van der Waals surface area (Å²) < 4.78 is 5.88. The molecule has 0 saturated heterocycles. The normalized spacial score (nSPS) is 21.3. The van der Waals surface area contributed by atoms with Gasteiger partial charge in [-0.1, -0.05) is 103 Å². The van der Waals surface area contributed by atoms with Gasteiger partial charge in [-0.3, -0.25) is 9.59 Å². The number of hydrogen-bond donors (Lipinski definition) is 1. The molecule has 5 rings (SSSR count). The first-order valence-electron chi connectivity index (χ1n) is 11.3. The molecule has 1 N–H and O–H groups in total. The minimum absolute atomic E-state index is 0.412. The summed E-state index contributed by atoms with van der Waals surface area (Å²) in [5, 5.41) is 10.1. The van der Waals surface area contributed by atoms with E-state index in [0.717, 1.165) is 22.3 Å². The second-order valence-electron chi connectivity index (χ2n) is 8.58. The summed E-state index contributed by atoms with van der Waals surface area (Å²) in [6.45, 7) is 0. The number of esters is 1. The second kappa shape index (κ2) is 9.36. The number of hydrogen-bond acceptors (Lipinski definition) is 3. The van der Waals surface area contributed by atoms with E-state index in [2.05, 4.69) is 0 Å². The van der Waals surface area contributed by atoms with Crippen molar-refractivity contribution in [2.45, 2.75) is 11.8 Å². The van der Waals surface area contributed by atoms with E-state index in [0.29, 0.717) is 5.75 Å². The predicted molar refractivity (Wildman–Crippen MR) is 130 cm³/mol. The molecule has 0 amide bonds. The van der Waals surface area contributed by atoms with Crippen LogP contribution in [0.4, 0.5) is 0 Å². The SMILES string of the molecule is O=C(O)[C@H]1[C@H](c2ccccc2)[C@H](C(=O)Oc2cccc(-c3ccccc3)c2)[C@H]1c1ccccc1. The molecule has 0 aliphatic heterocycles. The first-order chi connectivity index (χ1) is 16.6. The Labute approximate surface area is 198 Å². The topological polar surface area (TPSA) is 63.6 Å². The van der Waals surface area contributed by atoms with Crippen molar-refractivity contribution < 1.29 is 19.4 Å². The van der Waals surface area contributed by atoms with Gasteiger partial charge in [0.1, 0.15) is 5.75 Å². The summed E-state index contributed by atoms with van der Waals surface area (Å²) in [6, 6.07) is 36.1. The van der Waals surface area contributed by atoms with Crippen LogP contribution in [0.5, 0.6) is 5.75 Å². The maximum Gasteiger partial charge on any atom is 0.315 e. The lowest BCUT2D eigenvalue weighted by atomic mass is 9.52. The highest BCUT2D eigenvalue weighted by atomic mass is 16.5. The molecule has 168 valence electrons. The summed E-state index contributed by atoms with van der Waals surface area (Å²) in [4.78, 5) is 25.9. The van der Waals surface area contributed by atoms with Crippen LogP contribution in [-0.2, 0) is 9.59 Å². The molecular formula is C30H24O4. The fourth-order valence-corrected chi connectivity index (χ4v) is 5.08. The molecule has 0 spiro atoms. The third-order valence-electron chi connectivity index (χ3n) is 6.63. The molecule has 0 bridgehead atoms. The van der Waals surface area contributed by atoms with Crippen molar-refractivity contribution in [2.75, 3.05) is 0 Å². The Hall–Kier alpha value is -4.18. The number of ether oxygens (including phenoxy) is 1. The fraction of sp³-hybridized carbons (Fsp3) is 0.133. The Bertz CT molecular complexity index is 1240. The third-order valence-corrected chi connectivity index (χ3v) is 6.63. The molecule has 4 heteroatoms. The van der Waals surface area contributed by atoms with Gasteiger partial charge in [0, 0.05) is 11.8 Å². The molecule has 4 aromatic rings. The molecule has 34 heavy (non-hydrogen) atoms. The van der Waals surface area contributed by atoms with Crippen molar-refractivity contribution in [1.29, 1.82) is 0 Å². The Morgan fingerprint density at radius 2 is 1.09 bits per heavy atom. The lowest BCUT2D eigenvalue weighted by Gasteiger charge is -2.48. The van der Waals surface area contributed by atoms with Crippen LogP contribution in [0, 0.1) is 11.8 Å². The number of carbonyl (C=O) groups is 2. The number of carboxylic acid groups (broad SMARTS) is 1. The van der Waals surface area contributed by atoms with E-state index in [1.807, 2.05) is 109 Å². The van der Waals surface area contributed by atoms with E-state index in [9.17, 15) is 14.7 Å². The maximum absolute atomic E-state index is 13.6.